The Labute approximate surface area is 218 Å². The molecule has 2 amide bonds. The lowest BCUT2D eigenvalue weighted by Gasteiger charge is -2.32. The van der Waals surface area contributed by atoms with E-state index in [1.165, 1.54) is 11.3 Å². The number of rotatable bonds is 4. The molecule has 0 spiro atoms. The lowest BCUT2D eigenvalue weighted by molar-refractivity contribution is 0.0662. The number of nitrogens with zero attached hydrogens (tertiary/aromatic N) is 4. The minimum absolute atomic E-state index is 0.0556. The second-order valence-electron chi connectivity index (χ2n) is 11.7. The van der Waals surface area contributed by atoms with Gasteiger partial charge in [-0.3, -0.25) is 14.7 Å². The van der Waals surface area contributed by atoms with E-state index in [1.807, 2.05) is 46.2 Å². The molecule has 7 heteroatoms. The zero-order valence-electron chi connectivity index (χ0n) is 22.2. The van der Waals surface area contributed by atoms with Crippen LogP contribution in [0.2, 0.25) is 0 Å². The van der Waals surface area contributed by atoms with E-state index < -0.39 is 0 Å². The summed E-state index contributed by atoms with van der Waals surface area (Å²) in [4.78, 5) is 32.3. The number of carbonyl (C=O) groups excluding carboxylic acids is 2. The van der Waals surface area contributed by atoms with Crippen LogP contribution in [0.25, 0.3) is 11.3 Å². The summed E-state index contributed by atoms with van der Waals surface area (Å²) in [6, 6.07) is 13.8. The number of hydrogen-bond acceptors (Lipinski definition) is 4. The van der Waals surface area contributed by atoms with Gasteiger partial charge in [-0.15, -0.1) is 0 Å². The Kier molecular flexibility index (Phi) is 5.71. The number of carbonyl (C=O) groups is 2. The van der Waals surface area contributed by atoms with Crippen molar-refractivity contribution in [1.29, 1.82) is 0 Å². The molecule has 1 atom stereocenters. The van der Waals surface area contributed by atoms with Crippen molar-refractivity contribution >= 4 is 11.8 Å². The van der Waals surface area contributed by atoms with Crippen LogP contribution < -0.4 is 0 Å². The highest BCUT2D eigenvalue weighted by Gasteiger charge is 2.35. The lowest BCUT2D eigenvalue weighted by atomic mass is 9.90. The maximum absolute atomic E-state index is 13.3. The highest BCUT2D eigenvalue weighted by atomic mass is 16.2. The van der Waals surface area contributed by atoms with Crippen molar-refractivity contribution in [2.45, 2.75) is 46.2 Å². The van der Waals surface area contributed by atoms with Crippen LogP contribution in [0.4, 0.5) is 0 Å². The molecule has 2 aromatic carbocycles. The normalized spacial score (nSPS) is 19.7. The number of benzene rings is 2. The van der Waals surface area contributed by atoms with Crippen LogP contribution >= 0.6 is 0 Å². The van der Waals surface area contributed by atoms with Crippen LogP contribution in [-0.2, 0) is 19.4 Å². The van der Waals surface area contributed by atoms with Crippen LogP contribution in [0.3, 0.4) is 0 Å². The lowest BCUT2D eigenvalue weighted by Crippen LogP contribution is -2.47. The van der Waals surface area contributed by atoms with Crippen LogP contribution in [0.15, 0.2) is 42.5 Å². The highest BCUT2D eigenvalue weighted by Crippen LogP contribution is 2.41. The summed E-state index contributed by atoms with van der Waals surface area (Å²) in [5.41, 5.74) is 8.44. The van der Waals surface area contributed by atoms with E-state index in [2.05, 4.69) is 49.0 Å². The van der Waals surface area contributed by atoms with Gasteiger partial charge in [-0.2, -0.15) is 5.10 Å². The fourth-order valence-corrected chi connectivity index (χ4v) is 6.08. The van der Waals surface area contributed by atoms with Crippen LogP contribution in [0, 0.1) is 5.41 Å². The molecule has 3 aromatic rings. The van der Waals surface area contributed by atoms with Gasteiger partial charge in [-0.25, -0.2) is 0 Å². The van der Waals surface area contributed by atoms with Gasteiger partial charge in [-0.1, -0.05) is 32.0 Å². The number of amides is 2. The molecule has 0 saturated carbocycles. The number of piperazine rings is 1. The average molecular weight is 498 g/mol. The minimum Gasteiger partial charge on any atom is -0.336 e. The van der Waals surface area contributed by atoms with Gasteiger partial charge in [0.15, 0.2) is 0 Å². The summed E-state index contributed by atoms with van der Waals surface area (Å²) < 4.78 is 0. The van der Waals surface area contributed by atoms with Crippen molar-refractivity contribution in [3.63, 3.8) is 0 Å². The van der Waals surface area contributed by atoms with E-state index in [-0.39, 0.29) is 23.3 Å². The molecular weight excluding hydrogens is 462 g/mol. The van der Waals surface area contributed by atoms with E-state index in [0.717, 1.165) is 67.0 Å². The summed E-state index contributed by atoms with van der Waals surface area (Å²) >= 11 is 0. The van der Waals surface area contributed by atoms with Gasteiger partial charge >= 0.3 is 0 Å². The van der Waals surface area contributed by atoms with Crippen molar-refractivity contribution in [1.82, 2.24) is 24.9 Å². The largest absolute Gasteiger partial charge is 0.336 e. The number of H-pyrrole nitrogens is 1. The molecule has 0 bridgehead atoms. The molecule has 7 nitrogen and oxygen atoms in total. The highest BCUT2D eigenvalue weighted by molar-refractivity contribution is 5.99. The third-order valence-corrected chi connectivity index (χ3v) is 8.37. The van der Waals surface area contributed by atoms with Crippen molar-refractivity contribution in [3.8, 4) is 11.3 Å². The fraction of sp³-hybridized carbons (Fsp3) is 0.433. The molecule has 1 aliphatic carbocycles. The van der Waals surface area contributed by atoms with Gasteiger partial charge in [0, 0.05) is 60.7 Å². The summed E-state index contributed by atoms with van der Waals surface area (Å²) in [6.07, 6.45) is 2.03. The predicted octanol–water partition coefficient (Wildman–Crippen LogP) is 4.31. The van der Waals surface area contributed by atoms with E-state index in [1.54, 1.807) is 0 Å². The molecule has 37 heavy (non-hydrogen) atoms. The molecule has 192 valence electrons. The third kappa shape index (κ3) is 4.25. The molecule has 1 unspecified atom stereocenters. The number of aromatic nitrogens is 2. The Morgan fingerprint density at radius 1 is 1.03 bits per heavy atom. The SMILES string of the molecule is CC(c1ccc(C(=O)N2CCN(C)CC2)cc1)N1Cc2cc(-c3n[nH]c4c3CC(C)(C)C4)ccc2C1=O. The molecule has 3 heterocycles. The monoisotopic (exact) mass is 497 g/mol. The Hall–Kier alpha value is -3.45. The van der Waals surface area contributed by atoms with Crippen LogP contribution in [-0.4, -0.2) is 69.9 Å². The Morgan fingerprint density at radius 2 is 1.76 bits per heavy atom. The predicted molar refractivity (Wildman–Crippen MR) is 143 cm³/mol. The van der Waals surface area contributed by atoms with E-state index in [9.17, 15) is 9.59 Å². The molecule has 6 rings (SSSR count). The number of hydrogen-bond donors (Lipinski definition) is 1. The fourth-order valence-electron chi connectivity index (χ4n) is 6.08. The maximum Gasteiger partial charge on any atom is 0.255 e. The van der Waals surface area contributed by atoms with E-state index in [0.29, 0.717) is 12.1 Å². The van der Waals surface area contributed by atoms with Gasteiger partial charge in [0.1, 0.15) is 0 Å². The van der Waals surface area contributed by atoms with Crippen molar-refractivity contribution in [2.75, 3.05) is 33.2 Å². The summed E-state index contributed by atoms with van der Waals surface area (Å²) in [7, 11) is 2.08. The van der Waals surface area contributed by atoms with Gasteiger partial charge in [0.25, 0.3) is 11.8 Å². The Bertz CT molecular complexity index is 1370. The molecular formula is C30H35N5O2. The topological polar surface area (TPSA) is 72.5 Å². The third-order valence-electron chi connectivity index (χ3n) is 8.37. The first kappa shape index (κ1) is 23.9. The zero-order chi connectivity index (χ0) is 25.9. The quantitative estimate of drug-likeness (QED) is 0.583. The van der Waals surface area contributed by atoms with Gasteiger partial charge < -0.3 is 14.7 Å². The maximum atomic E-state index is 13.3. The number of nitrogens with one attached hydrogen (secondary N) is 1. The second kappa shape index (κ2) is 8.84. The smallest absolute Gasteiger partial charge is 0.255 e. The molecule has 3 aliphatic rings. The van der Waals surface area contributed by atoms with Crippen LogP contribution in [0.5, 0.6) is 0 Å². The standard InChI is InChI=1S/C30H35N5O2/c1-19(20-5-7-21(8-6-20)28(36)34-13-11-33(4)12-14-34)35-18-23-15-22(9-10-24(23)29(35)37)27-25-16-30(2,3)17-26(25)31-32-27/h5-10,15,19H,11-14,16-18H2,1-4H3,(H,31,32). The molecule has 0 radical (unpaired) electrons. The molecule has 1 aromatic heterocycles. The zero-order valence-corrected chi connectivity index (χ0v) is 22.2. The summed E-state index contributed by atoms with van der Waals surface area (Å²) in [6.45, 7) is 10.5. The van der Waals surface area contributed by atoms with Crippen molar-refractivity contribution in [2.24, 2.45) is 5.41 Å². The number of likely N-dealkylation sites (N-methyl/N-ethyl adjacent to an activating group) is 1. The first-order valence-electron chi connectivity index (χ1n) is 13.3. The second-order valence-corrected chi connectivity index (χ2v) is 11.7. The van der Waals surface area contributed by atoms with Crippen LogP contribution in [0.1, 0.15) is 69.9 Å². The Morgan fingerprint density at radius 3 is 2.49 bits per heavy atom. The number of fused-ring (bicyclic) bond motifs is 2. The average Bonchev–Trinajstić information content (AvgIpc) is 3.52. The first-order valence-corrected chi connectivity index (χ1v) is 13.3. The summed E-state index contributed by atoms with van der Waals surface area (Å²) in [5.74, 6) is 0.137. The number of aromatic amines is 1. The van der Waals surface area contributed by atoms with Gasteiger partial charge in [0.2, 0.25) is 0 Å². The minimum atomic E-state index is -0.0911. The van der Waals surface area contributed by atoms with Crippen molar-refractivity contribution < 1.29 is 9.59 Å². The molecule has 2 aliphatic heterocycles. The van der Waals surface area contributed by atoms with Gasteiger partial charge in [0.05, 0.1) is 11.7 Å². The molecule has 1 N–H and O–H groups in total. The summed E-state index contributed by atoms with van der Waals surface area (Å²) in [5, 5.41) is 7.87. The Balaban J connectivity index is 1.18. The van der Waals surface area contributed by atoms with E-state index >= 15 is 0 Å². The van der Waals surface area contributed by atoms with E-state index in [4.69, 9.17) is 0 Å². The first-order chi connectivity index (χ1) is 17.7. The van der Waals surface area contributed by atoms with Crippen molar-refractivity contribution in [3.05, 3.63) is 76.0 Å². The van der Waals surface area contributed by atoms with Gasteiger partial charge in [-0.05, 0) is 67.6 Å². The molecule has 1 fully saturated rings. The molecule has 1 saturated heterocycles.